The van der Waals surface area contributed by atoms with Crippen LogP contribution in [0, 0.1) is 0 Å². The van der Waals surface area contributed by atoms with E-state index in [0.717, 1.165) is 11.1 Å². The Morgan fingerprint density at radius 3 is 1.58 bits per heavy atom. The van der Waals surface area contributed by atoms with Crippen LogP contribution in [0.3, 0.4) is 0 Å². The van der Waals surface area contributed by atoms with Gasteiger partial charge in [0.1, 0.15) is 23.9 Å². The van der Waals surface area contributed by atoms with E-state index in [0.29, 0.717) is 0 Å². The lowest BCUT2D eigenvalue weighted by molar-refractivity contribution is -0.174. The molecule has 0 radical (unpaired) electrons. The zero-order chi connectivity index (χ0) is 17.2. The van der Waals surface area contributed by atoms with Gasteiger partial charge in [0, 0.05) is 12.8 Å². The van der Waals surface area contributed by atoms with Gasteiger partial charge in [0.2, 0.25) is 0 Å². The molecular weight excluding hydrogens is 308 g/mol. The SMILES string of the molecule is OC1O[C@H](C(O)(Cc2ccccc2)Cc2ccccc2)[C@@H](O)[C@@H]1O. The van der Waals surface area contributed by atoms with Gasteiger partial charge in [0.05, 0.1) is 0 Å². The summed E-state index contributed by atoms with van der Waals surface area (Å²) in [5.41, 5.74) is 0.283. The molecule has 1 saturated heterocycles. The smallest absolute Gasteiger partial charge is 0.184 e. The molecule has 3 rings (SSSR count). The number of hydrogen-bond acceptors (Lipinski definition) is 5. The van der Waals surface area contributed by atoms with Crippen LogP contribution in [0.25, 0.3) is 0 Å². The standard InChI is InChI=1S/C19H22O5/c20-15-16(21)18(22)24-17(15)19(23,11-13-7-3-1-4-8-13)12-14-9-5-2-6-10-14/h1-10,15-18,20-23H,11-12H2/t15-,16-,17-,18?/m0/s1. The topological polar surface area (TPSA) is 90.2 Å². The summed E-state index contributed by atoms with van der Waals surface area (Å²) in [4.78, 5) is 0. The number of hydrogen-bond donors (Lipinski definition) is 4. The van der Waals surface area contributed by atoms with Crippen LogP contribution in [-0.2, 0) is 17.6 Å². The van der Waals surface area contributed by atoms with Crippen molar-refractivity contribution < 1.29 is 25.2 Å². The Kier molecular flexibility index (Phi) is 4.99. The Bertz CT molecular complexity index is 604. The second-order valence-corrected chi connectivity index (χ2v) is 6.36. The van der Waals surface area contributed by atoms with Crippen molar-refractivity contribution in [1.82, 2.24) is 0 Å². The van der Waals surface area contributed by atoms with Crippen molar-refractivity contribution in [2.75, 3.05) is 0 Å². The molecule has 0 aliphatic carbocycles. The van der Waals surface area contributed by atoms with Crippen LogP contribution in [0.4, 0.5) is 0 Å². The van der Waals surface area contributed by atoms with E-state index >= 15 is 0 Å². The van der Waals surface area contributed by atoms with Crippen LogP contribution in [0.1, 0.15) is 11.1 Å². The van der Waals surface area contributed by atoms with E-state index in [2.05, 4.69) is 0 Å². The molecule has 0 saturated carbocycles. The highest BCUT2D eigenvalue weighted by Gasteiger charge is 2.52. The van der Waals surface area contributed by atoms with E-state index in [1.165, 1.54) is 0 Å². The molecule has 5 heteroatoms. The van der Waals surface area contributed by atoms with Crippen molar-refractivity contribution >= 4 is 0 Å². The first-order valence-corrected chi connectivity index (χ1v) is 7.99. The molecule has 1 unspecified atom stereocenters. The highest BCUT2D eigenvalue weighted by atomic mass is 16.6. The van der Waals surface area contributed by atoms with Crippen LogP contribution < -0.4 is 0 Å². The van der Waals surface area contributed by atoms with Gasteiger partial charge in [0.15, 0.2) is 6.29 Å². The van der Waals surface area contributed by atoms with E-state index in [1.54, 1.807) is 0 Å². The fourth-order valence-corrected chi connectivity index (χ4v) is 3.27. The Balaban J connectivity index is 1.91. The number of ether oxygens (including phenoxy) is 1. The summed E-state index contributed by atoms with van der Waals surface area (Å²) in [7, 11) is 0. The van der Waals surface area contributed by atoms with Gasteiger partial charge in [-0.15, -0.1) is 0 Å². The average Bonchev–Trinajstić information content (AvgIpc) is 2.85. The minimum Gasteiger partial charge on any atom is -0.387 e. The molecule has 2 aromatic carbocycles. The van der Waals surface area contributed by atoms with Gasteiger partial charge in [-0.05, 0) is 11.1 Å². The van der Waals surface area contributed by atoms with Gasteiger partial charge < -0.3 is 25.2 Å². The molecule has 2 aromatic rings. The molecule has 0 bridgehead atoms. The number of benzene rings is 2. The van der Waals surface area contributed by atoms with E-state index in [1.807, 2.05) is 60.7 Å². The van der Waals surface area contributed by atoms with Crippen LogP contribution in [0.2, 0.25) is 0 Å². The second-order valence-electron chi connectivity index (χ2n) is 6.36. The third-order valence-electron chi connectivity index (χ3n) is 4.47. The lowest BCUT2D eigenvalue weighted by Gasteiger charge is -2.35. The van der Waals surface area contributed by atoms with E-state index in [-0.39, 0.29) is 12.8 Å². The minimum atomic E-state index is -1.51. The van der Waals surface area contributed by atoms with Crippen molar-refractivity contribution in [2.45, 2.75) is 43.0 Å². The highest BCUT2D eigenvalue weighted by Crippen LogP contribution is 2.33. The van der Waals surface area contributed by atoms with Gasteiger partial charge in [-0.3, -0.25) is 0 Å². The minimum absolute atomic E-state index is 0.226. The summed E-state index contributed by atoms with van der Waals surface area (Å²) in [5, 5.41) is 41.0. The molecule has 5 nitrogen and oxygen atoms in total. The Labute approximate surface area is 140 Å². The lowest BCUT2D eigenvalue weighted by Crippen LogP contribution is -2.52. The van der Waals surface area contributed by atoms with Crippen molar-refractivity contribution in [1.29, 1.82) is 0 Å². The summed E-state index contributed by atoms with van der Waals surface area (Å²) in [5.74, 6) is 0. The van der Waals surface area contributed by atoms with Gasteiger partial charge in [-0.25, -0.2) is 0 Å². The van der Waals surface area contributed by atoms with Crippen LogP contribution >= 0.6 is 0 Å². The summed E-state index contributed by atoms with van der Waals surface area (Å²) in [6.45, 7) is 0. The van der Waals surface area contributed by atoms with Crippen LogP contribution in [0.5, 0.6) is 0 Å². The van der Waals surface area contributed by atoms with Crippen LogP contribution in [0.15, 0.2) is 60.7 Å². The van der Waals surface area contributed by atoms with E-state index in [4.69, 9.17) is 4.74 Å². The molecule has 1 aliphatic rings. The summed E-state index contributed by atoms with van der Waals surface area (Å²) < 4.78 is 5.30. The molecule has 1 aliphatic heterocycles. The molecule has 1 heterocycles. The van der Waals surface area contributed by atoms with Gasteiger partial charge >= 0.3 is 0 Å². The van der Waals surface area contributed by atoms with Crippen molar-refractivity contribution in [3.8, 4) is 0 Å². The molecule has 4 atom stereocenters. The number of rotatable bonds is 5. The summed E-state index contributed by atoms with van der Waals surface area (Å²) in [6, 6.07) is 18.8. The third-order valence-corrected chi connectivity index (χ3v) is 4.47. The van der Waals surface area contributed by atoms with Gasteiger partial charge in [-0.1, -0.05) is 60.7 Å². The maximum absolute atomic E-state index is 11.3. The summed E-state index contributed by atoms with van der Waals surface area (Å²) >= 11 is 0. The van der Waals surface area contributed by atoms with Crippen LogP contribution in [-0.4, -0.2) is 50.6 Å². The maximum Gasteiger partial charge on any atom is 0.184 e. The van der Waals surface area contributed by atoms with Crippen molar-refractivity contribution in [3.05, 3.63) is 71.8 Å². The molecule has 0 aromatic heterocycles. The maximum atomic E-state index is 11.3. The quantitative estimate of drug-likeness (QED) is 0.646. The molecule has 4 N–H and O–H groups in total. The Hall–Kier alpha value is -1.76. The monoisotopic (exact) mass is 330 g/mol. The molecule has 0 amide bonds. The van der Waals surface area contributed by atoms with Gasteiger partial charge in [0.25, 0.3) is 0 Å². The molecular formula is C19H22O5. The number of aliphatic hydroxyl groups is 4. The first-order chi connectivity index (χ1) is 11.5. The highest BCUT2D eigenvalue weighted by molar-refractivity contribution is 5.23. The molecule has 24 heavy (non-hydrogen) atoms. The first kappa shape index (κ1) is 17.1. The average molecular weight is 330 g/mol. The van der Waals surface area contributed by atoms with E-state index in [9.17, 15) is 20.4 Å². The zero-order valence-corrected chi connectivity index (χ0v) is 13.2. The third kappa shape index (κ3) is 3.50. The second kappa shape index (κ2) is 7.01. The Morgan fingerprint density at radius 1 is 0.750 bits per heavy atom. The van der Waals surface area contributed by atoms with Crippen molar-refractivity contribution in [2.24, 2.45) is 0 Å². The first-order valence-electron chi connectivity index (χ1n) is 7.99. The zero-order valence-electron chi connectivity index (χ0n) is 13.2. The van der Waals surface area contributed by atoms with Gasteiger partial charge in [-0.2, -0.15) is 0 Å². The Morgan fingerprint density at radius 2 is 1.21 bits per heavy atom. The molecule has 0 spiro atoms. The largest absolute Gasteiger partial charge is 0.387 e. The van der Waals surface area contributed by atoms with Crippen molar-refractivity contribution in [3.63, 3.8) is 0 Å². The molecule has 128 valence electrons. The fraction of sp³-hybridized carbons (Fsp3) is 0.368. The predicted octanol–water partition coefficient (Wildman–Crippen LogP) is 0.642. The lowest BCUT2D eigenvalue weighted by atomic mass is 9.81. The summed E-state index contributed by atoms with van der Waals surface area (Å²) in [6.07, 6.45) is -4.95. The number of aliphatic hydroxyl groups excluding tert-OH is 3. The van der Waals surface area contributed by atoms with E-state index < -0.39 is 30.2 Å². The fourth-order valence-electron chi connectivity index (χ4n) is 3.27. The predicted molar refractivity (Wildman–Crippen MR) is 88.1 cm³/mol. The normalized spacial score (nSPS) is 27.3. The molecule has 1 fully saturated rings.